The van der Waals surface area contributed by atoms with Gasteiger partial charge in [-0.3, -0.25) is 9.59 Å². The van der Waals surface area contributed by atoms with Gasteiger partial charge in [0.15, 0.2) is 0 Å². The number of amides is 1. The van der Waals surface area contributed by atoms with Crippen LogP contribution in [0.4, 0.5) is 5.69 Å². The van der Waals surface area contributed by atoms with Gasteiger partial charge in [0, 0.05) is 23.6 Å². The fraction of sp³-hybridized carbons (Fsp3) is 0.0952. The van der Waals surface area contributed by atoms with Crippen LogP contribution in [0, 0.1) is 0 Å². The number of nitrogens with zero attached hydrogens (tertiary/aromatic N) is 3. The SMILES string of the molecule is COc1ccc(NC(=O)Cn2ccn3nc(-c4ccccc4)cc3c2=O)cc1Cl. The molecule has 0 aliphatic rings. The normalized spacial score (nSPS) is 10.8. The standard InChI is InChI=1S/C21H17ClN4O3/c1-29-19-8-7-15(11-16(19)22)23-20(27)13-25-9-10-26-18(21(25)28)12-17(24-26)14-5-3-2-4-6-14/h2-12H,13H2,1H3,(H,23,27). The van der Waals surface area contributed by atoms with E-state index in [1.54, 1.807) is 30.5 Å². The highest BCUT2D eigenvalue weighted by atomic mass is 35.5. The number of methoxy groups -OCH3 is 1. The number of halogens is 1. The Morgan fingerprint density at radius 2 is 1.93 bits per heavy atom. The molecule has 29 heavy (non-hydrogen) atoms. The number of hydrogen-bond donors (Lipinski definition) is 1. The van der Waals surface area contributed by atoms with Gasteiger partial charge in [0.1, 0.15) is 17.8 Å². The lowest BCUT2D eigenvalue weighted by molar-refractivity contribution is -0.116. The van der Waals surface area contributed by atoms with Gasteiger partial charge in [-0.05, 0) is 24.3 Å². The largest absolute Gasteiger partial charge is 0.495 e. The van der Waals surface area contributed by atoms with Crippen LogP contribution in [0.1, 0.15) is 0 Å². The molecule has 0 radical (unpaired) electrons. The van der Waals surface area contributed by atoms with Crippen molar-refractivity contribution >= 4 is 28.7 Å². The van der Waals surface area contributed by atoms with Gasteiger partial charge in [-0.15, -0.1) is 0 Å². The van der Waals surface area contributed by atoms with Crippen LogP contribution in [0.25, 0.3) is 16.8 Å². The van der Waals surface area contributed by atoms with Crippen molar-refractivity contribution in [3.05, 3.63) is 82.4 Å². The predicted octanol–water partition coefficient (Wildman–Crippen LogP) is 3.46. The Balaban J connectivity index is 1.56. The van der Waals surface area contributed by atoms with E-state index in [1.165, 1.54) is 22.4 Å². The number of anilines is 1. The number of benzene rings is 2. The molecular weight excluding hydrogens is 392 g/mol. The molecule has 2 aromatic carbocycles. The minimum atomic E-state index is -0.347. The summed E-state index contributed by atoms with van der Waals surface area (Å²) in [5.41, 5.74) is 2.22. The molecular formula is C21H17ClN4O3. The quantitative estimate of drug-likeness (QED) is 0.548. The zero-order valence-electron chi connectivity index (χ0n) is 15.5. The van der Waals surface area contributed by atoms with Crippen LogP contribution in [0.5, 0.6) is 5.75 Å². The summed E-state index contributed by atoms with van der Waals surface area (Å²) < 4.78 is 7.95. The minimum absolute atomic E-state index is 0.134. The topological polar surface area (TPSA) is 77.6 Å². The van der Waals surface area contributed by atoms with Gasteiger partial charge in [0.05, 0.1) is 17.8 Å². The van der Waals surface area contributed by atoms with Crippen LogP contribution in [0.15, 0.2) is 71.8 Å². The maximum atomic E-state index is 12.8. The third kappa shape index (κ3) is 3.86. The van der Waals surface area contributed by atoms with E-state index in [0.717, 1.165) is 5.56 Å². The van der Waals surface area contributed by atoms with Crippen LogP contribution in [-0.2, 0) is 11.3 Å². The molecule has 0 aliphatic heterocycles. The first kappa shape index (κ1) is 18.8. The maximum Gasteiger partial charge on any atom is 0.277 e. The first-order valence-corrected chi connectivity index (χ1v) is 9.20. The van der Waals surface area contributed by atoms with E-state index in [0.29, 0.717) is 27.7 Å². The number of nitrogens with one attached hydrogen (secondary N) is 1. The van der Waals surface area contributed by atoms with Crippen LogP contribution < -0.4 is 15.6 Å². The Morgan fingerprint density at radius 1 is 1.14 bits per heavy atom. The molecule has 4 aromatic rings. The van der Waals surface area contributed by atoms with Gasteiger partial charge >= 0.3 is 0 Å². The summed E-state index contributed by atoms with van der Waals surface area (Å²) in [5, 5.41) is 7.55. The maximum absolute atomic E-state index is 12.8. The fourth-order valence-corrected chi connectivity index (χ4v) is 3.26. The number of fused-ring (bicyclic) bond motifs is 1. The molecule has 1 N–H and O–H groups in total. The molecule has 2 aromatic heterocycles. The summed E-state index contributed by atoms with van der Waals surface area (Å²) in [6.07, 6.45) is 3.19. The Morgan fingerprint density at radius 3 is 2.66 bits per heavy atom. The van der Waals surface area contributed by atoms with Gasteiger partial charge in [0.2, 0.25) is 5.91 Å². The summed E-state index contributed by atoms with van der Waals surface area (Å²) in [7, 11) is 1.52. The molecule has 0 saturated heterocycles. The second kappa shape index (κ2) is 7.81. The lowest BCUT2D eigenvalue weighted by Gasteiger charge is -2.09. The molecule has 0 aliphatic carbocycles. The second-order valence-corrected chi connectivity index (χ2v) is 6.76. The van der Waals surface area contributed by atoms with E-state index in [4.69, 9.17) is 16.3 Å². The highest BCUT2D eigenvalue weighted by Gasteiger charge is 2.12. The van der Waals surface area contributed by atoms with E-state index < -0.39 is 0 Å². The lowest BCUT2D eigenvalue weighted by Crippen LogP contribution is -2.28. The van der Waals surface area contributed by atoms with E-state index in [1.807, 2.05) is 30.3 Å². The van der Waals surface area contributed by atoms with Crippen LogP contribution in [-0.4, -0.2) is 27.2 Å². The average Bonchev–Trinajstić information content (AvgIpc) is 3.16. The van der Waals surface area contributed by atoms with Crippen molar-refractivity contribution in [2.24, 2.45) is 0 Å². The number of carbonyl (C=O) groups is 1. The fourth-order valence-electron chi connectivity index (χ4n) is 3.00. The molecule has 0 saturated carbocycles. The van der Waals surface area contributed by atoms with Gasteiger partial charge in [-0.2, -0.15) is 5.10 Å². The van der Waals surface area contributed by atoms with E-state index >= 15 is 0 Å². The van der Waals surface area contributed by atoms with Crippen molar-refractivity contribution < 1.29 is 9.53 Å². The Kier molecular flexibility index (Phi) is 5.05. The Bertz CT molecular complexity index is 1250. The molecule has 0 fully saturated rings. The molecule has 8 heteroatoms. The van der Waals surface area contributed by atoms with Gasteiger partial charge in [0.25, 0.3) is 5.56 Å². The van der Waals surface area contributed by atoms with E-state index in [9.17, 15) is 9.59 Å². The average molecular weight is 409 g/mol. The second-order valence-electron chi connectivity index (χ2n) is 6.35. The summed E-state index contributed by atoms with van der Waals surface area (Å²) in [4.78, 5) is 25.2. The summed E-state index contributed by atoms with van der Waals surface area (Å²) in [6, 6.07) is 16.2. The molecule has 4 rings (SSSR count). The highest BCUT2D eigenvalue weighted by Crippen LogP contribution is 2.27. The summed E-state index contributed by atoms with van der Waals surface area (Å²) >= 11 is 6.08. The first-order chi connectivity index (χ1) is 14.0. The number of aromatic nitrogens is 3. The first-order valence-electron chi connectivity index (χ1n) is 8.83. The van der Waals surface area contributed by atoms with Crippen molar-refractivity contribution in [2.45, 2.75) is 6.54 Å². The predicted molar refractivity (Wildman–Crippen MR) is 112 cm³/mol. The number of rotatable bonds is 5. The highest BCUT2D eigenvalue weighted by molar-refractivity contribution is 6.32. The van der Waals surface area contributed by atoms with Crippen molar-refractivity contribution in [1.29, 1.82) is 0 Å². The molecule has 2 heterocycles. The van der Waals surface area contributed by atoms with Crippen molar-refractivity contribution in [3.63, 3.8) is 0 Å². The Hall–Kier alpha value is -3.58. The number of carbonyl (C=O) groups excluding carboxylic acids is 1. The molecule has 146 valence electrons. The molecule has 7 nitrogen and oxygen atoms in total. The number of hydrogen-bond acceptors (Lipinski definition) is 4. The van der Waals surface area contributed by atoms with Crippen LogP contribution >= 0.6 is 11.6 Å². The number of ether oxygens (including phenoxy) is 1. The molecule has 0 atom stereocenters. The van der Waals surface area contributed by atoms with Crippen LogP contribution in [0.2, 0.25) is 5.02 Å². The van der Waals surface area contributed by atoms with Crippen molar-refractivity contribution in [1.82, 2.24) is 14.2 Å². The smallest absolute Gasteiger partial charge is 0.277 e. The summed E-state index contributed by atoms with van der Waals surface area (Å²) in [5.74, 6) is 0.168. The zero-order chi connectivity index (χ0) is 20.4. The van der Waals surface area contributed by atoms with E-state index in [-0.39, 0.29) is 18.0 Å². The van der Waals surface area contributed by atoms with Gasteiger partial charge < -0.3 is 14.6 Å². The lowest BCUT2D eigenvalue weighted by atomic mass is 10.1. The third-order valence-electron chi connectivity index (χ3n) is 4.42. The third-order valence-corrected chi connectivity index (χ3v) is 4.72. The monoisotopic (exact) mass is 408 g/mol. The Labute approximate surface area is 171 Å². The van der Waals surface area contributed by atoms with Gasteiger partial charge in [-0.25, -0.2) is 4.52 Å². The van der Waals surface area contributed by atoms with Crippen molar-refractivity contribution in [2.75, 3.05) is 12.4 Å². The minimum Gasteiger partial charge on any atom is -0.495 e. The molecule has 0 unspecified atom stereocenters. The summed E-state index contributed by atoms with van der Waals surface area (Å²) in [6.45, 7) is -0.134. The molecule has 1 amide bonds. The molecule has 0 spiro atoms. The van der Waals surface area contributed by atoms with Crippen LogP contribution in [0.3, 0.4) is 0 Å². The van der Waals surface area contributed by atoms with Crippen molar-refractivity contribution in [3.8, 4) is 17.0 Å². The molecule has 0 bridgehead atoms. The van der Waals surface area contributed by atoms with Gasteiger partial charge in [-0.1, -0.05) is 41.9 Å². The zero-order valence-corrected chi connectivity index (χ0v) is 16.3. The van der Waals surface area contributed by atoms with E-state index in [2.05, 4.69) is 10.4 Å².